The van der Waals surface area contributed by atoms with Gasteiger partial charge in [-0.3, -0.25) is 4.99 Å². The van der Waals surface area contributed by atoms with E-state index in [1.54, 1.807) is 7.11 Å². The first-order valence-electron chi connectivity index (χ1n) is 6.95. The summed E-state index contributed by atoms with van der Waals surface area (Å²) < 4.78 is 5.14. The van der Waals surface area contributed by atoms with Gasteiger partial charge in [0.15, 0.2) is 5.96 Å². The van der Waals surface area contributed by atoms with Crippen LogP contribution in [0, 0.1) is 0 Å². The summed E-state index contributed by atoms with van der Waals surface area (Å²) in [5.41, 5.74) is 1.29. The summed E-state index contributed by atoms with van der Waals surface area (Å²) >= 11 is 0. The molecule has 0 atom stereocenters. The van der Waals surface area contributed by atoms with E-state index in [0.717, 1.165) is 44.2 Å². The van der Waals surface area contributed by atoms with Crippen LogP contribution in [0.3, 0.4) is 0 Å². The van der Waals surface area contributed by atoms with Gasteiger partial charge in [0.1, 0.15) is 5.75 Å². The van der Waals surface area contributed by atoms with E-state index in [2.05, 4.69) is 41.6 Å². The predicted octanol–water partition coefficient (Wildman–Crippen LogP) is 2.82. The van der Waals surface area contributed by atoms with Gasteiger partial charge in [0, 0.05) is 19.6 Å². The Morgan fingerprint density at radius 2 is 1.85 bits per heavy atom. The van der Waals surface area contributed by atoms with Gasteiger partial charge in [-0.2, -0.15) is 0 Å². The lowest BCUT2D eigenvalue weighted by Gasteiger charge is -2.11. The minimum absolute atomic E-state index is 0. The van der Waals surface area contributed by atoms with Crippen LogP contribution >= 0.6 is 24.0 Å². The lowest BCUT2D eigenvalue weighted by Crippen LogP contribution is -2.38. The molecule has 0 unspecified atom stereocenters. The first-order valence-corrected chi connectivity index (χ1v) is 6.95. The Labute approximate surface area is 139 Å². The van der Waals surface area contributed by atoms with Gasteiger partial charge in [-0.15, -0.1) is 24.0 Å². The number of guanidine groups is 1. The molecule has 0 fully saturated rings. The summed E-state index contributed by atoms with van der Waals surface area (Å²) in [6.45, 7) is 6.83. The van der Waals surface area contributed by atoms with Crippen LogP contribution in [0.15, 0.2) is 29.3 Å². The topological polar surface area (TPSA) is 45.7 Å². The van der Waals surface area contributed by atoms with Crippen LogP contribution in [0.25, 0.3) is 0 Å². The third-order valence-corrected chi connectivity index (χ3v) is 2.70. The number of aliphatic imine (C=N–C) groups is 1. The standard InChI is InChI=1S/C15H25N3O.HI/c1-4-11-17-15(16-5-2)18-12-10-13-6-8-14(19-3)9-7-13;/h6-9H,4-5,10-12H2,1-3H3,(H2,16,17,18);1H. The number of hydrogen-bond donors (Lipinski definition) is 2. The quantitative estimate of drug-likeness (QED) is 0.427. The minimum Gasteiger partial charge on any atom is -0.497 e. The maximum Gasteiger partial charge on any atom is 0.191 e. The van der Waals surface area contributed by atoms with Crippen LogP contribution < -0.4 is 15.4 Å². The van der Waals surface area contributed by atoms with Crippen molar-refractivity contribution in [1.29, 1.82) is 0 Å². The second-order valence-corrected chi connectivity index (χ2v) is 4.29. The summed E-state index contributed by atoms with van der Waals surface area (Å²) in [4.78, 5) is 4.46. The molecule has 0 bridgehead atoms. The van der Waals surface area contributed by atoms with Crippen molar-refractivity contribution in [3.05, 3.63) is 29.8 Å². The Morgan fingerprint density at radius 1 is 1.15 bits per heavy atom. The van der Waals surface area contributed by atoms with Crippen LogP contribution in [0.5, 0.6) is 5.75 Å². The number of halogens is 1. The predicted molar refractivity (Wildman–Crippen MR) is 96.4 cm³/mol. The Balaban J connectivity index is 0.00000361. The molecule has 0 aliphatic carbocycles. The molecule has 4 nitrogen and oxygen atoms in total. The van der Waals surface area contributed by atoms with Crippen molar-refractivity contribution in [2.45, 2.75) is 26.7 Å². The molecule has 1 rings (SSSR count). The SMILES string of the molecule is CCCN=C(NCC)NCCc1ccc(OC)cc1.I. The number of nitrogens with zero attached hydrogens (tertiary/aromatic N) is 1. The molecule has 0 aliphatic rings. The van der Waals surface area contributed by atoms with Crippen molar-refractivity contribution >= 4 is 29.9 Å². The van der Waals surface area contributed by atoms with Crippen molar-refractivity contribution < 1.29 is 4.74 Å². The van der Waals surface area contributed by atoms with E-state index in [1.165, 1.54) is 5.56 Å². The van der Waals surface area contributed by atoms with Crippen molar-refractivity contribution in [2.75, 3.05) is 26.7 Å². The first-order chi connectivity index (χ1) is 9.30. The highest BCUT2D eigenvalue weighted by Gasteiger charge is 1.98. The number of methoxy groups -OCH3 is 1. The third-order valence-electron chi connectivity index (χ3n) is 2.70. The minimum atomic E-state index is 0. The van der Waals surface area contributed by atoms with Gasteiger partial charge in [0.2, 0.25) is 0 Å². The number of benzene rings is 1. The average molecular weight is 391 g/mol. The lowest BCUT2D eigenvalue weighted by atomic mass is 10.1. The second kappa shape index (κ2) is 11.8. The van der Waals surface area contributed by atoms with E-state index >= 15 is 0 Å². The Morgan fingerprint density at radius 3 is 2.40 bits per heavy atom. The molecule has 1 aromatic carbocycles. The van der Waals surface area contributed by atoms with Gasteiger partial charge < -0.3 is 15.4 Å². The van der Waals surface area contributed by atoms with Crippen molar-refractivity contribution in [1.82, 2.24) is 10.6 Å². The Kier molecular flexibility index (Phi) is 11.2. The average Bonchev–Trinajstić information content (AvgIpc) is 2.45. The van der Waals surface area contributed by atoms with Crippen LogP contribution in [0.2, 0.25) is 0 Å². The zero-order valence-electron chi connectivity index (χ0n) is 12.6. The van der Waals surface area contributed by atoms with Crippen LogP contribution in [-0.4, -0.2) is 32.7 Å². The normalized spacial score (nSPS) is 10.7. The summed E-state index contributed by atoms with van der Waals surface area (Å²) in [5.74, 6) is 1.80. The molecule has 0 aliphatic heterocycles. The van der Waals surface area contributed by atoms with E-state index in [1.807, 2.05) is 12.1 Å². The van der Waals surface area contributed by atoms with E-state index < -0.39 is 0 Å². The molecule has 0 saturated heterocycles. The zero-order chi connectivity index (χ0) is 13.9. The molecule has 20 heavy (non-hydrogen) atoms. The number of nitrogens with one attached hydrogen (secondary N) is 2. The molecule has 114 valence electrons. The van der Waals surface area contributed by atoms with Crippen molar-refractivity contribution in [3.8, 4) is 5.75 Å². The van der Waals surface area contributed by atoms with Crippen LogP contribution in [0.1, 0.15) is 25.8 Å². The highest BCUT2D eigenvalue weighted by molar-refractivity contribution is 14.0. The van der Waals surface area contributed by atoms with E-state index in [-0.39, 0.29) is 24.0 Å². The number of rotatable bonds is 7. The molecular formula is C15H26IN3O. The fraction of sp³-hybridized carbons (Fsp3) is 0.533. The molecule has 0 amide bonds. The van der Waals surface area contributed by atoms with E-state index in [4.69, 9.17) is 4.74 Å². The summed E-state index contributed by atoms with van der Waals surface area (Å²) in [5, 5.41) is 6.58. The second-order valence-electron chi connectivity index (χ2n) is 4.29. The molecule has 0 spiro atoms. The van der Waals surface area contributed by atoms with Gasteiger partial charge in [-0.05, 0) is 37.5 Å². The van der Waals surface area contributed by atoms with Crippen LogP contribution in [0.4, 0.5) is 0 Å². The smallest absolute Gasteiger partial charge is 0.191 e. The molecule has 0 heterocycles. The van der Waals surface area contributed by atoms with Crippen molar-refractivity contribution in [2.24, 2.45) is 4.99 Å². The highest BCUT2D eigenvalue weighted by Crippen LogP contribution is 2.11. The summed E-state index contributed by atoms with van der Waals surface area (Å²) in [6, 6.07) is 8.17. The molecule has 5 heteroatoms. The lowest BCUT2D eigenvalue weighted by molar-refractivity contribution is 0.414. The van der Waals surface area contributed by atoms with Gasteiger partial charge >= 0.3 is 0 Å². The largest absolute Gasteiger partial charge is 0.497 e. The summed E-state index contributed by atoms with van der Waals surface area (Å²) in [7, 11) is 1.68. The van der Waals surface area contributed by atoms with E-state index in [0.29, 0.717) is 0 Å². The molecule has 2 N–H and O–H groups in total. The molecular weight excluding hydrogens is 365 g/mol. The Hall–Kier alpha value is -0.980. The maximum atomic E-state index is 5.14. The van der Waals surface area contributed by atoms with Crippen LogP contribution in [-0.2, 0) is 6.42 Å². The number of ether oxygens (including phenoxy) is 1. The first kappa shape index (κ1) is 19.0. The molecule has 0 radical (unpaired) electrons. The highest BCUT2D eigenvalue weighted by atomic mass is 127. The molecule has 0 saturated carbocycles. The van der Waals surface area contributed by atoms with Gasteiger partial charge in [0.25, 0.3) is 0 Å². The van der Waals surface area contributed by atoms with E-state index in [9.17, 15) is 0 Å². The van der Waals surface area contributed by atoms with Gasteiger partial charge in [0.05, 0.1) is 7.11 Å². The fourth-order valence-electron chi connectivity index (χ4n) is 1.68. The monoisotopic (exact) mass is 391 g/mol. The fourth-order valence-corrected chi connectivity index (χ4v) is 1.68. The van der Waals surface area contributed by atoms with Gasteiger partial charge in [-0.25, -0.2) is 0 Å². The van der Waals surface area contributed by atoms with Gasteiger partial charge in [-0.1, -0.05) is 19.1 Å². The maximum absolute atomic E-state index is 5.14. The Bertz CT molecular complexity index is 379. The third kappa shape index (κ3) is 7.57. The summed E-state index contributed by atoms with van der Waals surface area (Å²) in [6.07, 6.45) is 2.04. The molecule has 1 aromatic rings. The zero-order valence-corrected chi connectivity index (χ0v) is 14.9. The molecule has 0 aromatic heterocycles. The van der Waals surface area contributed by atoms with Crippen molar-refractivity contribution in [3.63, 3.8) is 0 Å². The number of hydrogen-bond acceptors (Lipinski definition) is 2.